The Morgan fingerprint density at radius 1 is 1.43 bits per heavy atom. The average Bonchev–Trinajstić information content (AvgIpc) is 2.68. The van der Waals surface area contributed by atoms with Crippen molar-refractivity contribution in [3.05, 3.63) is 11.9 Å². The molecular formula is C15H22N4O2. The van der Waals surface area contributed by atoms with Crippen molar-refractivity contribution in [1.29, 1.82) is 0 Å². The number of rotatable bonds is 1. The molecule has 1 unspecified atom stereocenters. The predicted molar refractivity (Wildman–Crippen MR) is 80.3 cm³/mol. The third-order valence-corrected chi connectivity index (χ3v) is 4.14. The van der Waals surface area contributed by atoms with Crippen LogP contribution in [0.15, 0.2) is 6.20 Å². The van der Waals surface area contributed by atoms with E-state index in [1.165, 1.54) is 12.8 Å². The summed E-state index contributed by atoms with van der Waals surface area (Å²) in [4.78, 5) is 24.8. The lowest BCUT2D eigenvalue weighted by atomic mass is 10.0. The number of nitrogens with zero attached hydrogens (tertiary/aromatic N) is 4. The van der Waals surface area contributed by atoms with Gasteiger partial charge in [-0.05, 0) is 18.8 Å². The second kappa shape index (κ2) is 5.97. The molecule has 0 aliphatic carbocycles. The van der Waals surface area contributed by atoms with E-state index in [2.05, 4.69) is 21.8 Å². The molecule has 0 aromatic carbocycles. The van der Waals surface area contributed by atoms with Gasteiger partial charge in [0.1, 0.15) is 0 Å². The molecule has 1 atom stereocenters. The van der Waals surface area contributed by atoms with Crippen LogP contribution in [-0.2, 0) is 16.1 Å². The summed E-state index contributed by atoms with van der Waals surface area (Å²) in [6.07, 6.45) is 4.22. The molecule has 1 aromatic rings. The lowest BCUT2D eigenvalue weighted by Crippen LogP contribution is -2.36. The summed E-state index contributed by atoms with van der Waals surface area (Å²) >= 11 is 0. The van der Waals surface area contributed by atoms with Gasteiger partial charge in [-0.15, -0.1) is 0 Å². The van der Waals surface area contributed by atoms with Crippen molar-refractivity contribution in [3.63, 3.8) is 0 Å². The Balaban J connectivity index is 1.89. The van der Waals surface area contributed by atoms with Crippen LogP contribution in [0.2, 0.25) is 0 Å². The molecule has 21 heavy (non-hydrogen) atoms. The van der Waals surface area contributed by atoms with E-state index >= 15 is 0 Å². The first-order valence-corrected chi connectivity index (χ1v) is 7.62. The van der Waals surface area contributed by atoms with Crippen LogP contribution in [0.4, 0.5) is 11.6 Å². The molecule has 6 heteroatoms. The number of carbonyl (C=O) groups excluding carboxylic acids is 1. The van der Waals surface area contributed by atoms with Gasteiger partial charge in [0.2, 0.25) is 11.9 Å². The second-order valence-electron chi connectivity index (χ2n) is 5.92. The Labute approximate surface area is 125 Å². The minimum atomic E-state index is 0.00435. The van der Waals surface area contributed by atoms with Gasteiger partial charge in [0, 0.05) is 26.6 Å². The van der Waals surface area contributed by atoms with Crippen LogP contribution in [0.25, 0.3) is 0 Å². The maximum Gasteiger partial charge on any atom is 0.225 e. The van der Waals surface area contributed by atoms with Gasteiger partial charge in [-0.3, -0.25) is 4.79 Å². The van der Waals surface area contributed by atoms with E-state index in [0.717, 1.165) is 30.4 Å². The van der Waals surface area contributed by atoms with Crippen molar-refractivity contribution >= 4 is 17.5 Å². The van der Waals surface area contributed by atoms with Crippen molar-refractivity contribution in [2.45, 2.75) is 33.3 Å². The Bertz CT molecular complexity index is 534. The molecule has 6 nitrogen and oxygen atoms in total. The summed E-state index contributed by atoms with van der Waals surface area (Å²) in [6.45, 7) is 7.36. The SMILES string of the molecule is CC(=O)N1CCOCc2nc(N3CCCC(C)C3)ncc21. The van der Waals surface area contributed by atoms with E-state index in [9.17, 15) is 4.79 Å². The number of aromatic nitrogens is 2. The van der Waals surface area contributed by atoms with Gasteiger partial charge in [-0.2, -0.15) is 0 Å². The Kier molecular flexibility index (Phi) is 4.05. The first-order chi connectivity index (χ1) is 10.1. The minimum absolute atomic E-state index is 0.00435. The lowest BCUT2D eigenvalue weighted by molar-refractivity contribution is -0.116. The van der Waals surface area contributed by atoms with Crippen LogP contribution in [0.5, 0.6) is 0 Å². The number of carbonyl (C=O) groups is 1. The number of hydrogen-bond donors (Lipinski definition) is 0. The van der Waals surface area contributed by atoms with E-state index in [0.29, 0.717) is 25.7 Å². The number of anilines is 2. The predicted octanol–water partition coefficient (Wildman–Crippen LogP) is 1.60. The molecule has 0 N–H and O–H groups in total. The van der Waals surface area contributed by atoms with E-state index in [1.54, 1.807) is 18.0 Å². The van der Waals surface area contributed by atoms with Crippen molar-refractivity contribution in [2.24, 2.45) is 5.92 Å². The maximum atomic E-state index is 11.7. The topological polar surface area (TPSA) is 58.6 Å². The molecule has 0 bridgehead atoms. The Morgan fingerprint density at radius 3 is 3.05 bits per heavy atom. The Morgan fingerprint density at radius 2 is 2.29 bits per heavy atom. The highest BCUT2D eigenvalue weighted by molar-refractivity contribution is 5.92. The standard InChI is InChI=1S/C15H22N4O2/c1-11-4-3-5-18(9-11)15-16-8-14-13(17-15)10-21-7-6-19(14)12(2)20/h8,11H,3-7,9-10H2,1-2H3. The van der Waals surface area contributed by atoms with Crippen LogP contribution in [-0.4, -0.2) is 42.1 Å². The quantitative estimate of drug-likeness (QED) is 0.786. The molecule has 2 aliphatic heterocycles. The fraction of sp³-hybridized carbons (Fsp3) is 0.667. The molecule has 3 heterocycles. The monoisotopic (exact) mass is 290 g/mol. The summed E-state index contributed by atoms with van der Waals surface area (Å²) in [5.74, 6) is 1.44. The zero-order chi connectivity index (χ0) is 14.8. The smallest absolute Gasteiger partial charge is 0.225 e. The van der Waals surface area contributed by atoms with Crippen LogP contribution < -0.4 is 9.80 Å². The Hall–Kier alpha value is -1.69. The minimum Gasteiger partial charge on any atom is -0.373 e. The van der Waals surface area contributed by atoms with E-state index in [-0.39, 0.29) is 5.91 Å². The molecule has 0 radical (unpaired) electrons. The fourth-order valence-corrected chi connectivity index (χ4v) is 3.03. The molecule has 3 rings (SSSR count). The van der Waals surface area contributed by atoms with E-state index in [1.807, 2.05) is 0 Å². The number of ether oxygens (including phenoxy) is 1. The molecule has 1 amide bonds. The summed E-state index contributed by atoms with van der Waals surface area (Å²) in [5.41, 5.74) is 1.60. The van der Waals surface area contributed by atoms with Crippen LogP contribution in [0, 0.1) is 5.92 Å². The number of amides is 1. The normalized spacial score (nSPS) is 22.7. The summed E-state index contributed by atoms with van der Waals surface area (Å²) in [7, 11) is 0. The van der Waals surface area contributed by atoms with Crippen molar-refractivity contribution in [1.82, 2.24) is 9.97 Å². The van der Waals surface area contributed by atoms with E-state index < -0.39 is 0 Å². The second-order valence-corrected chi connectivity index (χ2v) is 5.92. The summed E-state index contributed by atoms with van der Waals surface area (Å²) in [6, 6.07) is 0. The average molecular weight is 290 g/mol. The molecular weight excluding hydrogens is 268 g/mol. The molecule has 0 saturated carbocycles. The molecule has 114 valence electrons. The zero-order valence-electron chi connectivity index (χ0n) is 12.7. The molecule has 1 saturated heterocycles. The van der Waals surface area contributed by atoms with Gasteiger partial charge in [-0.1, -0.05) is 6.92 Å². The van der Waals surface area contributed by atoms with Gasteiger partial charge < -0.3 is 14.5 Å². The highest BCUT2D eigenvalue weighted by atomic mass is 16.5. The van der Waals surface area contributed by atoms with Gasteiger partial charge in [0.25, 0.3) is 0 Å². The summed E-state index contributed by atoms with van der Waals surface area (Å²) in [5, 5.41) is 0. The zero-order valence-corrected chi connectivity index (χ0v) is 12.7. The number of fused-ring (bicyclic) bond motifs is 1. The number of hydrogen-bond acceptors (Lipinski definition) is 5. The first-order valence-electron chi connectivity index (χ1n) is 7.62. The van der Waals surface area contributed by atoms with Crippen molar-refractivity contribution in [2.75, 3.05) is 36.0 Å². The third-order valence-electron chi connectivity index (χ3n) is 4.14. The molecule has 2 aliphatic rings. The van der Waals surface area contributed by atoms with Gasteiger partial charge >= 0.3 is 0 Å². The maximum absolute atomic E-state index is 11.7. The first kappa shape index (κ1) is 14.3. The van der Waals surface area contributed by atoms with Crippen LogP contribution in [0.3, 0.4) is 0 Å². The van der Waals surface area contributed by atoms with E-state index in [4.69, 9.17) is 4.74 Å². The fourth-order valence-electron chi connectivity index (χ4n) is 3.03. The largest absolute Gasteiger partial charge is 0.373 e. The van der Waals surface area contributed by atoms with Gasteiger partial charge in [0.05, 0.1) is 30.8 Å². The molecule has 0 spiro atoms. The van der Waals surface area contributed by atoms with Crippen molar-refractivity contribution < 1.29 is 9.53 Å². The van der Waals surface area contributed by atoms with Gasteiger partial charge in [-0.25, -0.2) is 9.97 Å². The highest BCUT2D eigenvalue weighted by Gasteiger charge is 2.24. The van der Waals surface area contributed by atoms with Gasteiger partial charge in [0.15, 0.2) is 0 Å². The highest BCUT2D eigenvalue weighted by Crippen LogP contribution is 2.26. The summed E-state index contributed by atoms with van der Waals surface area (Å²) < 4.78 is 5.56. The lowest BCUT2D eigenvalue weighted by Gasteiger charge is -2.31. The number of piperidine rings is 1. The van der Waals surface area contributed by atoms with Crippen LogP contribution in [0.1, 0.15) is 32.4 Å². The van der Waals surface area contributed by atoms with Crippen LogP contribution >= 0.6 is 0 Å². The third kappa shape index (κ3) is 3.00. The molecule has 1 fully saturated rings. The van der Waals surface area contributed by atoms with Crippen molar-refractivity contribution in [3.8, 4) is 0 Å². The molecule has 1 aromatic heterocycles.